The van der Waals surface area contributed by atoms with Crippen LogP contribution in [0, 0.1) is 0 Å². The molecule has 1 amide bonds. The number of carbonyl (C=O) groups excluding carboxylic acids is 1. The first-order chi connectivity index (χ1) is 15.7. The van der Waals surface area contributed by atoms with Crippen molar-refractivity contribution in [3.8, 4) is 11.6 Å². The molecule has 0 saturated carbocycles. The summed E-state index contributed by atoms with van der Waals surface area (Å²) >= 11 is 0. The molecular weight excluding hydrogens is 402 g/mol. The molecule has 162 valence electrons. The van der Waals surface area contributed by atoms with Crippen LogP contribution in [0.2, 0.25) is 0 Å². The van der Waals surface area contributed by atoms with E-state index in [1.807, 2.05) is 68.4 Å². The van der Waals surface area contributed by atoms with E-state index >= 15 is 0 Å². The number of hydrogen-bond acceptors (Lipinski definition) is 5. The van der Waals surface area contributed by atoms with Gasteiger partial charge in [-0.3, -0.25) is 9.78 Å². The van der Waals surface area contributed by atoms with Crippen LogP contribution in [0.3, 0.4) is 0 Å². The molecule has 0 saturated heterocycles. The van der Waals surface area contributed by atoms with Gasteiger partial charge in [-0.15, -0.1) is 0 Å². The highest BCUT2D eigenvalue weighted by Gasteiger charge is 2.19. The zero-order chi connectivity index (χ0) is 22.3. The van der Waals surface area contributed by atoms with Crippen LogP contribution in [0.15, 0.2) is 79.4 Å². The van der Waals surface area contributed by atoms with E-state index in [1.54, 1.807) is 29.5 Å². The average molecular weight is 428 g/mol. The number of amides is 1. The number of ether oxygens (including phenoxy) is 1. The molecule has 1 aromatic carbocycles. The van der Waals surface area contributed by atoms with Gasteiger partial charge < -0.3 is 10.1 Å². The lowest BCUT2D eigenvalue weighted by atomic mass is 10.1. The van der Waals surface area contributed by atoms with Gasteiger partial charge in [0.25, 0.3) is 5.91 Å². The third-order valence-corrected chi connectivity index (χ3v) is 5.17. The van der Waals surface area contributed by atoms with Crippen LogP contribution in [0.5, 0.6) is 5.75 Å². The molecule has 0 aliphatic rings. The number of benzene rings is 1. The molecule has 0 aliphatic heterocycles. The van der Waals surface area contributed by atoms with E-state index in [0.29, 0.717) is 24.4 Å². The Morgan fingerprint density at radius 1 is 1.06 bits per heavy atom. The highest BCUT2D eigenvalue weighted by molar-refractivity contribution is 5.95. The fourth-order valence-electron chi connectivity index (χ4n) is 3.44. The fraction of sp³-hybridized carbons (Fsp3) is 0.200. The minimum Gasteiger partial charge on any atom is -0.489 e. The molecule has 0 aliphatic carbocycles. The maximum Gasteiger partial charge on any atom is 0.255 e. The lowest BCUT2D eigenvalue weighted by Gasteiger charge is -2.15. The quantitative estimate of drug-likeness (QED) is 0.454. The first-order valence-corrected chi connectivity index (χ1v) is 10.6. The lowest BCUT2D eigenvalue weighted by molar-refractivity contribution is 0.0939. The van der Waals surface area contributed by atoms with Gasteiger partial charge in [-0.05, 0) is 49.2 Å². The van der Waals surface area contributed by atoms with Crippen molar-refractivity contribution in [2.75, 3.05) is 0 Å². The standard InChI is InChI=1S/C25H25N5O2/c1-3-23-22(16-28-30(23)24-8-4-5-14-27-24)25(31)29-18(2)20-9-11-21(12-10-20)32-17-19-7-6-13-26-15-19/h4-16,18H,3,17H2,1-2H3,(H,29,31). The van der Waals surface area contributed by atoms with Gasteiger partial charge in [-0.25, -0.2) is 9.67 Å². The van der Waals surface area contributed by atoms with Crippen LogP contribution < -0.4 is 10.1 Å². The Bertz CT molecular complexity index is 1160. The van der Waals surface area contributed by atoms with E-state index < -0.39 is 0 Å². The third kappa shape index (κ3) is 4.83. The molecule has 0 spiro atoms. The molecule has 7 heteroatoms. The smallest absolute Gasteiger partial charge is 0.255 e. The number of carbonyl (C=O) groups is 1. The highest BCUT2D eigenvalue weighted by atomic mass is 16.5. The topological polar surface area (TPSA) is 81.9 Å². The van der Waals surface area contributed by atoms with Gasteiger partial charge in [0.15, 0.2) is 5.82 Å². The first-order valence-electron chi connectivity index (χ1n) is 10.6. The zero-order valence-electron chi connectivity index (χ0n) is 18.1. The number of nitrogens with zero attached hydrogens (tertiary/aromatic N) is 4. The Hall–Kier alpha value is -4.00. The zero-order valence-corrected chi connectivity index (χ0v) is 18.1. The molecule has 0 fully saturated rings. The summed E-state index contributed by atoms with van der Waals surface area (Å²) < 4.78 is 7.52. The number of nitrogens with one attached hydrogen (secondary N) is 1. The van der Waals surface area contributed by atoms with Gasteiger partial charge in [0, 0.05) is 24.2 Å². The average Bonchev–Trinajstić information content (AvgIpc) is 3.28. The third-order valence-electron chi connectivity index (χ3n) is 5.17. The second kappa shape index (κ2) is 9.87. The van der Waals surface area contributed by atoms with E-state index in [2.05, 4.69) is 20.4 Å². The van der Waals surface area contributed by atoms with E-state index in [4.69, 9.17) is 4.74 Å². The lowest BCUT2D eigenvalue weighted by Crippen LogP contribution is -2.27. The van der Waals surface area contributed by atoms with Crippen molar-refractivity contribution in [1.29, 1.82) is 0 Å². The summed E-state index contributed by atoms with van der Waals surface area (Å²) in [6, 6.07) is 17.0. The Labute approximate surface area is 187 Å². The molecule has 7 nitrogen and oxygen atoms in total. The molecule has 0 radical (unpaired) electrons. The summed E-state index contributed by atoms with van der Waals surface area (Å²) in [6.45, 7) is 4.42. The molecule has 4 aromatic rings. The predicted octanol–water partition coefficient (Wildman–Crippen LogP) is 4.29. The second-order valence-electron chi connectivity index (χ2n) is 7.37. The molecule has 3 heterocycles. The molecular formula is C25H25N5O2. The molecule has 1 N–H and O–H groups in total. The predicted molar refractivity (Wildman–Crippen MR) is 122 cm³/mol. The normalized spacial score (nSPS) is 11.7. The van der Waals surface area contributed by atoms with Crippen LogP contribution in [0.4, 0.5) is 0 Å². The van der Waals surface area contributed by atoms with Crippen molar-refractivity contribution in [2.45, 2.75) is 32.9 Å². The summed E-state index contributed by atoms with van der Waals surface area (Å²) in [5.41, 5.74) is 3.38. The van der Waals surface area contributed by atoms with Gasteiger partial charge in [-0.2, -0.15) is 5.10 Å². The molecule has 4 rings (SSSR count). The molecule has 3 aromatic heterocycles. The minimum absolute atomic E-state index is 0.159. The van der Waals surface area contributed by atoms with Crippen molar-refractivity contribution < 1.29 is 9.53 Å². The van der Waals surface area contributed by atoms with E-state index in [9.17, 15) is 4.79 Å². The van der Waals surface area contributed by atoms with E-state index in [-0.39, 0.29) is 11.9 Å². The van der Waals surface area contributed by atoms with Crippen LogP contribution in [-0.4, -0.2) is 25.7 Å². The van der Waals surface area contributed by atoms with Gasteiger partial charge in [-0.1, -0.05) is 31.2 Å². The van der Waals surface area contributed by atoms with Gasteiger partial charge in [0.05, 0.1) is 23.5 Å². The maximum absolute atomic E-state index is 13.0. The van der Waals surface area contributed by atoms with Gasteiger partial charge in [0.1, 0.15) is 12.4 Å². The highest BCUT2D eigenvalue weighted by Crippen LogP contribution is 2.20. The van der Waals surface area contributed by atoms with Crippen molar-refractivity contribution >= 4 is 5.91 Å². The van der Waals surface area contributed by atoms with Crippen LogP contribution in [-0.2, 0) is 13.0 Å². The minimum atomic E-state index is -0.169. The summed E-state index contributed by atoms with van der Waals surface area (Å²) in [5, 5.41) is 7.46. The van der Waals surface area contributed by atoms with E-state index in [0.717, 1.165) is 22.6 Å². The van der Waals surface area contributed by atoms with Gasteiger partial charge >= 0.3 is 0 Å². The summed E-state index contributed by atoms with van der Waals surface area (Å²) in [7, 11) is 0. The van der Waals surface area contributed by atoms with Crippen molar-refractivity contribution in [1.82, 2.24) is 25.1 Å². The summed E-state index contributed by atoms with van der Waals surface area (Å²) in [6.07, 6.45) is 7.50. The molecule has 1 atom stereocenters. The number of rotatable bonds is 8. The summed E-state index contributed by atoms with van der Waals surface area (Å²) in [4.78, 5) is 21.4. The summed E-state index contributed by atoms with van der Waals surface area (Å²) in [5.74, 6) is 1.30. The molecule has 0 bridgehead atoms. The number of pyridine rings is 2. The number of hydrogen-bond donors (Lipinski definition) is 1. The van der Waals surface area contributed by atoms with E-state index in [1.165, 1.54) is 0 Å². The van der Waals surface area contributed by atoms with Crippen LogP contribution in [0.25, 0.3) is 5.82 Å². The molecule has 1 unspecified atom stereocenters. The number of aromatic nitrogens is 4. The fourth-order valence-corrected chi connectivity index (χ4v) is 3.44. The Morgan fingerprint density at radius 2 is 1.91 bits per heavy atom. The van der Waals surface area contributed by atoms with Crippen molar-refractivity contribution in [3.05, 3.63) is 102 Å². The second-order valence-corrected chi connectivity index (χ2v) is 7.37. The van der Waals surface area contributed by atoms with Gasteiger partial charge in [0.2, 0.25) is 0 Å². The Balaban J connectivity index is 1.41. The van der Waals surface area contributed by atoms with Crippen molar-refractivity contribution in [3.63, 3.8) is 0 Å². The SMILES string of the molecule is CCc1c(C(=O)NC(C)c2ccc(OCc3cccnc3)cc2)cnn1-c1ccccn1. The monoisotopic (exact) mass is 427 g/mol. The Morgan fingerprint density at radius 3 is 2.59 bits per heavy atom. The first kappa shape index (κ1) is 21.2. The van der Waals surface area contributed by atoms with Crippen LogP contribution >= 0.6 is 0 Å². The van der Waals surface area contributed by atoms with Crippen LogP contribution in [0.1, 0.15) is 47.1 Å². The van der Waals surface area contributed by atoms with Crippen molar-refractivity contribution in [2.24, 2.45) is 0 Å². The Kier molecular flexibility index (Phi) is 6.55. The largest absolute Gasteiger partial charge is 0.489 e. The molecule has 32 heavy (non-hydrogen) atoms. The maximum atomic E-state index is 13.0.